The van der Waals surface area contributed by atoms with Gasteiger partial charge in [-0.1, -0.05) is 0 Å². The topological polar surface area (TPSA) is 90.1 Å². The molecule has 0 fully saturated rings. The summed E-state index contributed by atoms with van der Waals surface area (Å²) < 4.78 is 6.86. The van der Waals surface area contributed by atoms with Crippen LogP contribution in [0.15, 0.2) is 38.5 Å². The van der Waals surface area contributed by atoms with Gasteiger partial charge in [0.25, 0.3) is 5.56 Å². The SMILES string of the molecule is COc1ccc(N)cc1Cn1cc(Br)c(=O)[nH]c1=O. The van der Waals surface area contributed by atoms with E-state index >= 15 is 0 Å². The van der Waals surface area contributed by atoms with Crippen LogP contribution in [0, 0.1) is 0 Å². The Morgan fingerprint density at radius 3 is 2.84 bits per heavy atom. The molecule has 0 radical (unpaired) electrons. The molecule has 2 aromatic rings. The molecule has 7 heteroatoms. The number of nitrogen functional groups attached to an aromatic ring is 1. The first kappa shape index (κ1) is 13.4. The van der Waals surface area contributed by atoms with E-state index in [1.807, 2.05) is 0 Å². The normalized spacial score (nSPS) is 10.4. The highest BCUT2D eigenvalue weighted by Gasteiger charge is 2.07. The van der Waals surface area contributed by atoms with Crippen LogP contribution < -0.4 is 21.7 Å². The molecule has 0 aliphatic heterocycles. The second kappa shape index (κ2) is 5.31. The monoisotopic (exact) mass is 325 g/mol. The number of hydrogen-bond acceptors (Lipinski definition) is 4. The molecule has 0 aliphatic carbocycles. The smallest absolute Gasteiger partial charge is 0.328 e. The summed E-state index contributed by atoms with van der Waals surface area (Å²) in [4.78, 5) is 25.2. The molecule has 6 nitrogen and oxygen atoms in total. The second-order valence-electron chi connectivity index (χ2n) is 3.94. The minimum absolute atomic E-state index is 0.252. The maximum Gasteiger partial charge on any atom is 0.328 e. The van der Waals surface area contributed by atoms with E-state index in [0.717, 1.165) is 5.56 Å². The molecule has 0 saturated heterocycles. The van der Waals surface area contributed by atoms with E-state index in [4.69, 9.17) is 10.5 Å². The Morgan fingerprint density at radius 1 is 1.42 bits per heavy atom. The third-order valence-electron chi connectivity index (χ3n) is 2.61. The van der Waals surface area contributed by atoms with Crippen molar-refractivity contribution in [1.82, 2.24) is 9.55 Å². The van der Waals surface area contributed by atoms with Crippen molar-refractivity contribution in [1.29, 1.82) is 0 Å². The number of halogens is 1. The molecule has 0 bridgehead atoms. The van der Waals surface area contributed by atoms with Crippen LogP contribution in [-0.4, -0.2) is 16.7 Å². The standard InChI is InChI=1S/C12H12BrN3O3/c1-19-10-3-2-8(14)4-7(10)5-16-6-9(13)11(17)15-12(16)18/h2-4,6H,5,14H2,1H3,(H,15,17,18). The third kappa shape index (κ3) is 2.87. The fraction of sp³-hybridized carbons (Fsp3) is 0.167. The fourth-order valence-electron chi connectivity index (χ4n) is 1.71. The molecule has 0 spiro atoms. The van der Waals surface area contributed by atoms with Gasteiger partial charge in [0, 0.05) is 17.4 Å². The summed E-state index contributed by atoms with van der Waals surface area (Å²) in [7, 11) is 1.54. The van der Waals surface area contributed by atoms with E-state index in [1.165, 1.54) is 10.8 Å². The summed E-state index contributed by atoms with van der Waals surface area (Å²) in [6.45, 7) is 0.252. The molecule has 3 N–H and O–H groups in total. The van der Waals surface area contributed by atoms with Crippen molar-refractivity contribution >= 4 is 21.6 Å². The van der Waals surface area contributed by atoms with Crippen LogP contribution in [-0.2, 0) is 6.54 Å². The molecule has 100 valence electrons. The number of ether oxygens (including phenoxy) is 1. The molecule has 0 unspecified atom stereocenters. The van der Waals surface area contributed by atoms with Crippen LogP contribution >= 0.6 is 15.9 Å². The van der Waals surface area contributed by atoms with Gasteiger partial charge in [-0.15, -0.1) is 0 Å². The summed E-state index contributed by atoms with van der Waals surface area (Å²) >= 11 is 3.08. The number of methoxy groups -OCH3 is 1. The van der Waals surface area contributed by atoms with Crippen molar-refractivity contribution in [3.63, 3.8) is 0 Å². The van der Waals surface area contributed by atoms with Crippen LogP contribution in [0.2, 0.25) is 0 Å². The Hall–Kier alpha value is -2.02. The third-order valence-corrected chi connectivity index (χ3v) is 3.18. The zero-order chi connectivity index (χ0) is 14.0. The summed E-state index contributed by atoms with van der Waals surface area (Å²) in [5, 5.41) is 0. The van der Waals surface area contributed by atoms with Crippen LogP contribution in [0.3, 0.4) is 0 Å². The summed E-state index contributed by atoms with van der Waals surface area (Å²) in [6, 6.07) is 5.18. The van der Waals surface area contributed by atoms with Crippen molar-refractivity contribution in [2.45, 2.75) is 6.54 Å². The van der Waals surface area contributed by atoms with Gasteiger partial charge in [0.15, 0.2) is 0 Å². The molecular weight excluding hydrogens is 314 g/mol. The predicted octanol–water partition coefficient (Wildman–Crippen LogP) is 0.938. The average molecular weight is 326 g/mol. The lowest BCUT2D eigenvalue weighted by Crippen LogP contribution is -2.30. The number of rotatable bonds is 3. The molecule has 1 aromatic carbocycles. The van der Waals surface area contributed by atoms with Gasteiger partial charge in [0.2, 0.25) is 0 Å². The zero-order valence-electron chi connectivity index (χ0n) is 10.1. The summed E-state index contributed by atoms with van der Waals surface area (Å²) in [6.07, 6.45) is 1.43. The number of benzene rings is 1. The number of aromatic nitrogens is 2. The zero-order valence-corrected chi connectivity index (χ0v) is 11.7. The van der Waals surface area contributed by atoms with Gasteiger partial charge >= 0.3 is 5.69 Å². The van der Waals surface area contributed by atoms with E-state index in [1.54, 1.807) is 25.3 Å². The minimum atomic E-state index is -0.488. The molecule has 0 saturated carbocycles. The van der Waals surface area contributed by atoms with Crippen molar-refractivity contribution in [3.05, 3.63) is 55.3 Å². The van der Waals surface area contributed by atoms with E-state index in [-0.39, 0.29) is 11.0 Å². The number of H-pyrrole nitrogens is 1. The Morgan fingerprint density at radius 2 is 2.16 bits per heavy atom. The van der Waals surface area contributed by atoms with Crippen molar-refractivity contribution in [2.24, 2.45) is 0 Å². The molecule has 2 rings (SSSR count). The highest BCUT2D eigenvalue weighted by Crippen LogP contribution is 2.21. The Kier molecular flexibility index (Phi) is 3.75. The van der Waals surface area contributed by atoms with Crippen molar-refractivity contribution < 1.29 is 4.74 Å². The van der Waals surface area contributed by atoms with Gasteiger partial charge in [-0.25, -0.2) is 4.79 Å². The van der Waals surface area contributed by atoms with E-state index in [2.05, 4.69) is 20.9 Å². The largest absolute Gasteiger partial charge is 0.496 e. The van der Waals surface area contributed by atoms with Gasteiger partial charge in [-0.05, 0) is 34.1 Å². The predicted molar refractivity (Wildman–Crippen MR) is 75.5 cm³/mol. The maximum absolute atomic E-state index is 11.7. The quantitative estimate of drug-likeness (QED) is 0.822. The average Bonchev–Trinajstić information content (AvgIpc) is 2.36. The van der Waals surface area contributed by atoms with Gasteiger partial charge < -0.3 is 10.5 Å². The highest BCUT2D eigenvalue weighted by atomic mass is 79.9. The van der Waals surface area contributed by atoms with Gasteiger partial charge in [-0.2, -0.15) is 0 Å². The van der Waals surface area contributed by atoms with Gasteiger partial charge in [0.1, 0.15) is 5.75 Å². The molecule has 1 heterocycles. The highest BCUT2D eigenvalue weighted by molar-refractivity contribution is 9.10. The van der Waals surface area contributed by atoms with Crippen LogP contribution in [0.5, 0.6) is 5.75 Å². The number of aromatic amines is 1. The van der Waals surface area contributed by atoms with Crippen molar-refractivity contribution in [3.8, 4) is 5.75 Å². The summed E-state index contributed by atoms with van der Waals surface area (Å²) in [5.41, 5.74) is 6.10. The molecule has 0 aliphatic rings. The lowest BCUT2D eigenvalue weighted by atomic mass is 10.1. The number of nitrogens with one attached hydrogen (secondary N) is 1. The Bertz CT molecular complexity index is 721. The maximum atomic E-state index is 11.7. The van der Waals surface area contributed by atoms with Crippen LogP contribution in [0.25, 0.3) is 0 Å². The number of anilines is 1. The minimum Gasteiger partial charge on any atom is -0.496 e. The lowest BCUT2D eigenvalue weighted by Gasteiger charge is -2.11. The first-order valence-corrected chi connectivity index (χ1v) is 6.22. The lowest BCUT2D eigenvalue weighted by molar-refractivity contribution is 0.408. The van der Waals surface area contributed by atoms with Gasteiger partial charge in [0.05, 0.1) is 18.1 Å². The number of nitrogens with zero attached hydrogens (tertiary/aromatic N) is 1. The number of hydrogen-bond donors (Lipinski definition) is 2. The fourth-order valence-corrected chi connectivity index (χ4v) is 2.05. The van der Waals surface area contributed by atoms with Crippen molar-refractivity contribution in [2.75, 3.05) is 12.8 Å². The van der Waals surface area contributed by atoms with E-state index in [0.29, 0.717) is 11.4 Å². The van der Waals surface area contributed by atoms with E-state index in [9.17, 15) is 9.59 Å². The summed E-state index contributed by atoms with van der Waals surface area (Å²) in [5.74, 6) is 0.628. The van der Waals surface area contributed by atoms with E-state index < -0.39 is 11.2 Å². The van der Waals surface area contributed by atoms with Crippen LogP contribution in [0.1, 0.15) is 5.56 Å². The number of nitrogens with two attached hydrogens (primary N) is 1. The first-order valence-electron chi connectivity index (χ1n) is 5.43. The Labute approximate surface area is 117 Å². The van der Waals surface area contributed by atoms with Crippen LogP contribution in [0.4, 0.5) is 5.69 Å². The molecule has 19 heavy (non-hydrogen) atoms. The molecule has 1 aromatic heterocycles. The molecular formula is C12H12BrN3O3. The van der Waals surface area contributed by atoms with Gasteiger partial charge in [-0.3, -0.25) is 14.3 Å². The molecule has 0 atom stereocenters. The molecule has 0 amide bonds. The second-order valence-corrected chi connectivity index (χ2v) is 4.79. The first-order chi connectivity index (χ1) is 9.01. The Balaban J connectivity index is 2.47.